The molecule has 0 spiro atoms. The van der Waals surface area contributed by atoms with Gasteiger partial charge in [-0.15, -0.1) is 0 Å². The summed E-state index contributed by atoms with van der Waals surface area (Å²) in [4.78, 5) is 2.32. The lowest BCUT2D eigenvalue weighted by Gasteiger charge is -2.31. The minimum Gasteiger partial charge on any atom is -0.395 e. The van der Waals surface area contributed by atoms with Gasteiger partial charge in [0.05, 0.1) is 12.7 Å². The molecule has 4 heteroatoms. The van der Waals surface area contributed by atoms with Crippen molar-refractivity contribution in [1.82, 2.24) is 5.32 Å². The van der Waals surface area contributed by atoms with Crippen LogP contribution in [-0.4, -0.2) is 42.1 Å². The molecule has 1 aliphatic rings. The largest absolute Gasteiger partial charge is 0.395 e. The summed E-state index contributed by atoms with van der Waals surface area (Å²) in [5, 5.41) is 22.0. The number of nitrogens with one attached hydrogen (secondary N) is 1. The molecular weight excluding hydrogens is 252 g/mol. The highest BCUT2D eigenvalue weighted by Gasteiger charge is 2.17. The Labute approximate surface area is 121 Å². The van der Waals surface area contributed by atoms with E-state index in [-0.39, 0.29) is 24.8 Å². The van der Waals surface area contributed by atoms with Crippen molar-refractivity contribution in [1.29, 1.82) is 0 Å². The van der Waals surface area contributed by atoms with E-state index in [4.69, 9.17) is 5.11 Å². The lowest BCUT2D eigenvalue weighted by molar-refractivity contribution is 0.145. The van der Waals surface area contributed by atoms with Gasteiger partial charge in [-0.2, -0.15) is 0 Å². The van der Waals surface area contributed by atoms with E-state index in [1.807, 2.05) is 6.92 Å². The molecule has 2 rings (SSSR count). The first kappa shape index (κ1) is 15.3. The fourth-order valence-corrected chi connectivity index (χ4v) is 2.67. The second-order valence-corrected chi connectivity index (χ2v) is 5.78. The Kier molecular flexibility index (Phi) is 5.40. The van der Waals surface area contributed by atoms with Gasteiger partial charge in [-0.1, -0.05) is 12.1 Å². The molecule has 0 bridgehead atoms. The maximum atomic E-state index is 9.54. The van der Waals surface area contributed by atoms with Gasteiger partial charge in [0.1, 0.15) is 0 Å². The highest BCUT2D eigenvalue weighted by molar-refractivity contribution is 5.48. The van der Waals surface area contributed by atoms with Crippen LogP contribution in [0.5, 0.6) is 0 Å². The van der Waals surface area contributed by atoms with E-state index in [2.05, 4.69) is 41.4 Å². The Morgan fingerprint density at radius 1 is 1.20 bits per heavy atom. The van der Waals surface area contributed by atoms with Crippen LogP contribution >= 0.6 is 0 Å². The van der Waals surface area contributed by atoms with Crippen LogP contribution in [0.25, 0.3) is 0 Å². The molecule has 1 aliphatic heterocycles. The minimum atomic E-state index is -0.130. The van der Waals surface area contributed by atoms with Crippen LogP contribution in [0.4, 0.5) is 5.69 Å². The van der Waals surface area contributed by atoms with E-state index < -0.39 is 0 Å². The number of aliphatic hydroxyl groups is 2. The Morgan fingerprint density at radius 2 is 1.80 bits per heavy atom. The van der Waals surface area contributed by atoms with Crippen LogP contribution < -0.4 is 10.2 Å². The van der Waals surface area contributed by atoms with Crippen molar-refractivity contribution >= 4 is 5.69 Å². The van der Waals surface area contributed by atoms with Crippen LogP contribution in [0.15, 0.2) is 24.3 Å². The van der Waals surface area contributed by atoms with Crippen molar-refractivity contribution in [2.75, 3.05) is 24.6 Å². The van der Waals surface area contributed by atoms with Crippen LogP contribution in [0, 0.1) is 0 Å². The maximum absolute atomic E-state index is 9.54. The molecule has 1 aromatic rings. The average molecular weight is 278 g/mol. The predicted molar refractivity (Wildman–Crippen MR) is 82.0 cm³/mol. The summed E-state index contributed by atoms with van der Waals surface area (Å²) >= 11 is 0. The van der Waals surface area contributed by atoms with E-state index >= 15 is 0 Å². The number of rotatable bonds is 5. The first-order chi connectivity index (χ1) is 9.60. The molecule has 0 radical (unpaired) electrons. The topological polar surface area (TPSA) is 55.7 Å². The van der Waals surface area contributed by atoms with Gasteiger partial charge in [-0.05, 0) is 44.4 Å². The van der Waals surface area contributed by atoms with Crippen LogP contribution in [0.2, 0.25) is 0 Å². The Balaban J connectivity index is 1.95. The summed E-state index contributed by atoms with van der Waals surface area (Å²) in [5.41, 5.74) is 2.45. The van der Waals surface area contributed by atoms with Gasteiger partial charge in [0, 0.05) is 30.9 Å². The molecule has 0 saturated carbocycles. The van der Waals surface area contributed by atoms with Crippen LogP contribution in [-0.2, 0) is 0 Å². The Hall–Kier alpha value is -1.10. The zero-order chi connectivity index (χ0) is 14.5. The van der Waals surface area contributed by atoms with E-state index in [0.717, 1.165) is 25.9 Å². The van der Waals surface area contributed by atoms with E-state index in [1.54, 1.807) is 0 Å². The van der Waals surface area contributed by atoms with Gasteiger partial charge < -0.3 is 20.4 Å². The standard InChI is InChI=1S/C16H26N2O2/c1-12(11-19)17-13(2)14-3-5-15(6-4-14)18-9-7-16(20)8-10-18/h3-6,12-13,16-17,19-20H,7-11H2,1-2H3/t12-,13?/m1/s1. The van der Waals surface area contributed by atoms with Crippen molar-refractivity contribution in [2.45, 2.75) is 44.9 Å². The molecule has 0 amide bonds. The van der Waals surface area contributed by atoms with Gasteiger partial charge in [0.25, 0.3) is 0 Å². The average Bonchev–Trinajstić information content (AvgIpc) is 2.48. The summed E-state index contributed by atoms with van der Waals surface area (Å²) < 4.78 is 0. The van der Waals surface area contributed by atoms with Gasteiger partial charge in [-0.25, -0.2) is 0 Å². The number of piperidine rings is 1. The van der Waals surface area contributed by atoms with Crippen molar-refractivity contribution in [3.8, 4) is 0 Å². The van der Waals surface area contributed by atoms with Gasteiger partial charge >= 0.3 is 0 Å². The monoisotopic (exact) mass is 278 g/mol. The number of benzene rings is 1. The van der Waals surface area contributed by atoms with E-state index in [1.165, 1.54) is 11.3 Å². The molecule has 20 heavy (non-hydrogen) atoms. The molecule has 1 saturated heterocycles. The smallest absolute Gasteiger partial charge is 0.0582 e. The highest BCUT2D eigenvalue weighted by Crippen LogP contribution is 2.22. The number of aliphatic hydroxyl groups excluding tert-OH is 2. The molecule has 112 valence electrons. The van der Waals surface area contributed by atoms with Gasteiger partial charge in [0.15, 0.2) is 0 Å². The zero-order valence-corrected chi connectivity index (χ0v) is 12.4. The van der Waals surface area contributed by atoms with Crippen LogP contribution in [0.1, 0.15) is 38.3 Å². The summed E-state index contributed by atoms with van der Waals surface area (Å²) in [6, 6.07) is 8.91. The van der Waals surface area contributed by atoms with Crippen LogP contribution in [0.3, 0.4) is 0 Å². The van der Waals surface area contributed by atoms with Crippen molar-refractivity contribution in [3.63, 3.8) is 0 Å². The molecule has 1 aromatic carbocycles. The van der Waals surface area contributed by atoms with Crippen molar-refractivity contribution in [3.05, 3.63) is 29.8 Å². The molecule has 4 nitrogen and oxygen atoms in total. The lowest BCUT2D eigenvalue weighted by atomic mass is 10.0. The summed E-state index contributed by atoms with van der Waals surface area (Å²) in [5.74, 6) is 0. The van der Waals surface area contributed by atoms with Crippen molar-refractivity contribution < 1.29 is 10.2 Å². The Bertz CT molecular complexity index is 399. The van der Waals surface area contributed by atoms with Gasteiger partial charge in [-0.3, -0.25) is 0 Å². The molecule has 0 aliphatic carbocycles. The number of hydrogen-bond acceptors (Lipinski definition) is 4. The lowest BCUT2D eigenvalue weighted by Crippen LogP contribution is -2.35. The first-order valence-corrected chi connectivity index (χ1v) is 7.50. The number of nitrogens with zero attached hydrogens (tertiary/aromatic N) is 1. The number of anilines is 1. The minimum absolute atomic E-state index is 0.105. The highest BCUT2D eigenvalue weighted by atomic mass is 16.3. The summed E-state index contributed by atoms with van der Waals surface area (Å²) in [6.45, 7) is 6.09. The third-order valence-electron chi connectivity index (χ3n) is 4.03. The fraction of sp³-hybridized carbons (Fsp3) is 0.625. The second-order valence-electron chi connectivity index (χ2n) is 5.78. The van der Waals surface area contributed by atoms with Crippen molar-refractivity contribution in [2.24, 2.45) is 0 Å². The van der Waals surface area contributed by atoms with Gasteiger partial charge in [0.2, 0.25) is 0 Å². The third kappa shape index (κ3) is 3.95. The third-order valence-corrected chi connectivity index (χ3v) is 4.03. The predicted octanol–water partition coefficient (Wildman–Crippen LogP) is 1.68. The Morgan fingerprint density at radius 3 is 2.35 bits per heavy atom. The zero-order valence-electron chi connectivity index (χ0n) is 12.4. The quantitative estimate of drug-likeness (QED) is 0.767. The molecule has 1 fully saturated rings. The number of hydrogen-bond donors (Lipinski definition) is 3. The summed E-state index contributed by atoms with van der Waals surface area (Å²) in [7, 11) is 0. The molecular formula is C16H26N2O2. The molecule has 1 unspecified atom stereocenters. The molecule has 2 atom stereocenters. The fourth-order valence-electron chi connectivity index (χ4n) is 2.67. The molecule has 1 heterocycles. The second kappa shape index (κ2) is 7.07. The molecule has 0 aromatic heterocycles. The SMILES string of the molecule is CC(N[C@H](C)CO)c1ccc(N2CCC(O)CC2)cc1. The van der Waals surface area contributed by atoms with E-state index in [0.29, 0.717) is 0 Å². The normalized spacial score (nSPS) is 19.9. The van der Waals surface area contributed by atoms with E-state index in [9.17, 15) is 5.11 Å². The maximum Gasteiger partial charge on any atom is 0.0582 e. The first-order valence-electron chi connectivity index (χ1n) is 7.50. The molecule has 3 N–H and O–H groups in total. The summed E-state index contributed by atoms with van der Waals surface area (Å²) in [6.07, 6.45) is 1.58.